The second kappa shape index (κ2) is 8.92. The van der Waals surface area contributed by atoms with Crippen LogP contribution >= 0.6 is 0 Å². The Kier molecular flexibility index (Phi) is 5.80. The Morgan fingerprint density at radius 2 is 1.94 bits per heavy atom. The number of nitriles is 1. The lowest BCUT2D eigenvalue weighted by Gasteiger charge is -2.42. The molecular weight excluding hydrogens is 435 g/mol. The van der Waals surface area contributed by atoms with Gasteiger partial charge in [0.15, 0.2) is 0 Å². The van der Waals surface area contributed by atoms with Gasteiger partial charge in [-0.15, -0.1) is 0 Å². The predicted octanol–water partition coefficient (Wildman–Crippen LogP) is 3.95. The van der Waals surface area contributed by atoms with E-state index in [1.807, 2.05) is 39.8 Å². The number of fused-ring (bicyclic) bond motifs is 1. The summed E-state index contributed by atoms with van der Waals surface area (Å²) in [5.74, 6) is -1.84. The van der Waals surface area contributed by atoms with E-state index in [0.717, 1.165) is 18.4 Å². The Hall–Kier alpha value is -3.70. The van der Waals surface area contributed by atoms with E-state index in [4.69, 9.17) is 5.26 Å². The van der Waals surface area contributed by atoms with Gasteiger partial charge in [0.2, 0.25) is 5.43 Å². The van der Waals surface area contributed by atoms with Crippen LogP contribution in [0, 0.1) is 17.1 Å². The average Bonchev–Trinajstić information content (AvgIpc) is 3.69. The van der Waals surface area contributed by atoms with Gasteiger partial charge in [0.25, 0.3) is 0 Å². The van der Waals surface area contributed by atoms with Crippen molar-refractivity contribution in [3.63, 3.8) is 0 Å². The van der Waals surface area contributed by atoms with E-state index in [1.165, 1.54) is 12.3 Å². The Balaban J connectivity index is 1.56. The summed E-state index contributed by atoms with van der Waals surface area (Å²) in [4.78, 5) is 28.6. The molecule has 34 heavy (non-hydrogen) atoms. The Bertz CT molecular complexity index is 1340. The first-order valence-corrected chi connectivity index (χ1v) is 11.5. The molecule has 5 rings (SSSR count). The molecule has 2 aliphatic rings. The van der Waals surface area contributed by atoms with Gasteiger partial charge in [-0.2, -0.15) is 5.26 Å². The quantitative estimate of drug-likeness (QED) is 0.599. The largest absolute Gasteiger partial charge is 0.477 e. The SMILES string of the molecule is N#CCCN1CCN(c2cc3c(cc2F)c(=O)c(C(=O)O)cn3C2CC2)CC1c1ccccc1. The molecule has 1 unspecified atom stereocenters. The number of piperazine rings is 1. The maximum Gasteiger partial charge on any atom is 0.341 e. The van der Waals surface area contributed by atoms with Gasteiger partial charge in [0.05, 0.1) is 23.3 Å². The van der Waals surface area contributed by atoms with Crippen LogP contribution in [0.4, 0.5) is 10.1 Å². The van der Waals surface area contributed by atoms with E-state index in [1.54, 1.807) is 6.07 Å². The molecule has 2 heterocycles. The summed E-state index contributed by atoms with van der Waals surface area (Å²) in [6, 6.07) is 15.2. The van der Waals surface area contributed by atoms with Crippen LogP contribution in [0.3, 0.4) is 0 Å². The number of carboxylic acids is 1. The second-order valence-corrected chi connectivity index (χ2v) is 8.95. The van der Waals surface area contributed by atoms with Gasteiger partial charge < -0.3 is 14.6 Å². The molecule has 3 aromatic rings. The minimum Gasteiger partial charge on any atom is -0.477 e. The third-order valence-electron chi connectivity index (χ3n) is 6.80. The van der Waals surface area contributed by atoms with Gasteiger partial charge in [-0.1, -0.05) is 30.3 Å². The molecule has 1 N–H and O–H groups in total. The van der Waals surface area contributed by atoms with Crippen LogP contribution in [0.25, 0.3) is 10.9 Å². The molecular formula is C26H25FN4O3. The smallest absolute Gasteiger partial charge is 0.341 e. The first-order chi connectivity index (χ1) is 16.5. The lowest BCUT2D eigenvalue weighted by atomic mass is 10.0. The molecule has 1 aromatic heterocycles. The number of hydrogen-bond donors (Lipinski definition) is 1. The number of anilines is 1. The summed E-state index contributed by atoms with van der Waals surface area (Å²) in [6.07, 6.45) is 3.63. The van der Waals surface area contributed by atoms with Crippen molar-refractivity contribution in [1.29, 1.82) is 5.26 Å². The number of rotatable bonds is 6. The third kappa shape index (κ3) is 4.03. The molecule has 1 atom stereocenters. The molecule has 1 aliphatic carbocycles. The molecule has 8 heteroatoms. The molecule has 0 bridgehead atoms. The zero-order valence-corrected chi connectivity index (χ0v) is 18.7. The molecule has 1 saturated heterocycles. The number of aromatic carboxylic acids is 1. The fourth-order valence-electron chi connectivity index (χ4n) is 4.90. The van der Waals surface area contributed by atoms with Crippen LogP contribution in [-0.4, -0.2) is 46.7 Å². The highest BCUT2D eigenvalue weighted by Crippen LogP contribution is 2.39. The van der Waals surface area contributed by atoms with Crippen LogP contribution in [0.1, 0.15) is 47.3 Å². The van der Waals surface area contributed by atoms with Crippen molar-refractivity contribution in [2.45, 2.75) is 31.3 Å². The van der Waals surface area contributed by atoms with E-state index in [9.17, 15) is 14.7 Å². The maximum atomic E-state index is 15.4. The van der Waals surface area contributed by atoms with Crippen LogP contribution < -0.4 is 10.3 Å². The van der Waals surface area contributed by atoms with Crippen molar-refractivity contribution in [3.8, 4) is 6.07 Å². The van der Waals surface area contributed by atoms with Crippen LogP contribution in [0.2, 0.25) is 0 Å². The molecule has 1 saturated carbocycles. The molecule has 2 fully saturated rings. The molecule has 2 aromatic carbocycles. The number of benzene rings is 2. The van der Waals surface area contributed by atoms with Gasteiger partial charge in [0.1, 0.15) is 11.4 Å². The minimum absolute atomic E-state index is 0.00147. The van der Waals surface area contributed by atoms with Gasteiger partial charge in [-0.05, 0) is 30.5 Å². The van der Waals surface area contributed by atoms with Crippen LogP contribution in [0.5, 0.6) is 0 Å². The third-order valence-corrected chi connectivity index (χ3v) is 6.80. The first kappa shape index (κ1) is 22.1. The highest BCUT2D eigenvalue weighted by atomic mass is 19.1. The zero-order chi connectivity index (χ0) is 23.8. The normalized spacial score (nSPS) is 18.7. The van der Waals surface area contributed by atoms with Crippen molar-refractivity contribution in [3.05, 3.63) is 75.8 Å². The number of aromatic nitrogens is 1. The maximum absolute atomic E-state index is 15.4. The topological polar surface area (TPSA) is 89.6 Å². The Morgan fingerprint density at radius 3 is 2.62 bits per heavy atom. The number of carboxylic acid groups (broad SMARTS) is 1. The molecule has 7 nitrogen and oxygen atoms in total. The van der Waals surface area contributed by atoms with E-state index in [2.05, 4.69) is 11.0 Å². The van der Waals surface area contributed by atoms with Crippen molar-refractivity contribution in [2.75, 3.05) is 31.1 Å². The summed E-state index contributed by atoms with van der Waals surface area (Å²) < 4.78 is 17.2. The van der Waals surface area contributed by atoms with Crippen molar-refractivity contribution in [1.82, 2.24) is 9.47 Å². The average molecular weight is 461 g/mol. The number of halogens is 1. The minimum atomic E-state index is -1.30. The number of pyridine rings is 1. The Labute approximate surface area is 196 Å². The lowest BCUT2D eigenvalue weighted by molar-refractivity contribution is 0.0695. The summed E-state index contributed by atoms with van der Waals surface area (Å²) in [6.45, 7) is 2.44. The van der Waals surface area contributed by atoms with E-state index in [0.29, 0.717) is 43.8 Å². The van der Waals surface area contributed by atoms with Gasteiger partial charge in [-0.25, -0.2) is 9.18 Å². The highest BCUT2D eigenvalue weighted by Gasteiger charge is 2.31. The van der Waals surface area contributed by atoms with Gasteiger partial charge in [-0.3, -0.25) is 9.69 Å². The van der Waals surface area contributed by atoms with E-state index >= 15 is 4.39 Å². The number of nitrogens with zero attached hydrogens (tertiary/aromatic N) is 4. The van der Waals surface area contributed by atoms with E-state index in [-0.39, 0.29) is 23.0 Å². The highest BCUT2D eigenvalue weighted by molar-refractivity contribution is 5.93. The summed E-state index contributed by atoms with van der Waals surface area (Å²) >= 11 is 0. The van der Waals surface area contributed by atoms with Crippen LogP contribution in [0.15, 0.2) is 53.5 Å². The van der Waals surface area contributed by atoms with Crippen molar-refractivity contribution < 1.29 is 14.3 Å². The summed E-state index contributed by atoms with van der Waals surface area (Å²) in [5.41, 5.74) is 1.09. The van der Waals surface area contributed by atoms with Gasteiger partial charge >= 0.3 is 5.97 Å². The number of carbonyl (C=O) groups is 1. The van der Waals surface area contributed by atoms with Crippen molar-refractivity contribution in [2.24, 2.45) is 0 Å². The molecule has 174 valence electrons. The summed E-state index contributed by atoms with van der Waals surface area (Å²) in [7, 11) is 0. The van der Waals surface area contributed by atoms with Gasteiger partial charge in [0, 0.05) is 50.2 Å². The monoisotopic (exact) mass is 460 g/mol. The number of hydrogen-bond acceptors (Lipinski definition) is 5. The molecule has 1 aliphatic heterocycles. The fraction of sp³-hybridized carbons (Fsp3) is 0.346. The fourth-order valence-corrected chi connectivity index (χ4v) is 4.90. The molecule has 0 spiro atoms. The summed E-state index contributed by atoms with van der Waals surface area (Å²) in [5, 5.41) is 18.6. The predicted molar refractivity (Wildman–Crippen MR) is 127 cm³/mol. The Morgan fingerprint density at radius 1 is 1.18 bits per heavy atom. The van der Waals surface area contributed by atoms with Crippen molar-refractivity contribution >= 4 is 22.6 Å². The molecule has 0 radical (unpaired) electrons. The molecule has 0 amide bonds. The first-order valence-electron chi connectivity index (χ1n) is 11.5. The van der Waals surface area contributed by atoms with E-state index < -0.39 is 17.2 Å². The van der Waals surface area contributed by atoms with Crippen LogP contribution in [-0.2, 0) is 0 Å². The standard InChI is InChI=1S/C26H25FN4O3/c27-21-13-19-22(31(18-7-8-18)15-20(25(19)32)26(33)34)14-23(21)30-12-11-29(10-4-9-28)24(16-30)17-5-2-1-3-6-17/h1-3,5-6,13-15,18,24H,4,7-8,10-12,16H2,(H,33,34). The second-order valence-electron chi connectivity index (χ2n) is 8.95. The lowest BCUT2D eigenvalue weighted by Crippen LogP contribution is -2.49. The zero-order valence-electron chi connectivity index (χ0n) is 18.7.